The van der Waals surface area contributed by atoms with E-state index in [2.05, 4.69) is 10.6 Å². The topological polar surface area (TPSA) is 105 Å². The number of carboxylic acids is 1. The van der Waals surface area contributed by atoms with E-state index in [0.717, 1.165) is 54.4 Å². The molecule has 0 radical (unpaired) electrons. The zero-order chi connectivity index (χ0) is 23.4. The molecular weight excluding hydrogens is 420 g/mol. The molecule has 1 unspecified atom stereocenters. The molecule has 1 atom stereocenters. The van der Waals surface area contributed by atoms with Gasteiger partial charge in [0.05, 0.1) is 6.42 Å². The molecule has 2 aliphatic carbocycles. The summed E-state index contributed by atoms with van der Waals surface area (Å²) in [6.07, 6.45) is 3.52. The third-order valence-electron chi connectivity index (χ3n) is 6.71. The lowest BCUT2D eigenvalue weighted by atomic mass is 9.83. The Labute approximate surface area is 193 Å². The fraction of sp³-hybridized carbons (Fsp3) is 0.423. The number of ether oxygens (including phenoxy) is 1. The van der Waals surface area contributed by atoms with Crippen LogP contribution in [0, 0.1) is 0 Å². The van der Waals surface area contributed by atoms with Crippen molar-refractivity contribution in [1.29, 1.82) is 0 Å². The summed E-state index contributed by atoms with van der Waals surface area (Å²) in [5.74, 6) is -1.77. The Morgan fingerprint density at radius 1 is 1.00 bits per heavy atom. The molecule has 2 amide bonds. The molecule has 0 bridgehead atoms. The van der Waals surface area contributed by atoms with Crippen molar-refractivity contribution >= 4 is 18.0 Å². The first-order chi connectivity index (χ1) is 15.9. The number of aliphatic carboxylic acids is 1. The van der Waals surface area contributed by atoms with Crippen LogP contribution in [0.1, 0.15) is 62.5 Å². The summed E-state index contributed by atoms with van der Waals surface area (Å²) in [6, 6.07) is 14.8. The van der Waals surface area contributed by atoms with E-state index < -0.39 is 30.4 Å². The number of alkyl carbamates (subject to hydrolysis) is 1. The van der Waals surface area contributed by atoms with E-state index in [-0.39, 0.29) is 18.1 Å². The number of amides is 2. The average molecular weight is 451 g/mol. The highest BCUT2D eigenvalue weighted by Crippen LogP contribution is 2.44. The lowest BCUT2D eigenvalue weighted by molar-refractivity contribution is -0.140. The highest BCUT2D eigenvalue weighted by molar-refractivity contribution is 5.89. The molecule has 2 aromatic carbocycles. The summed E-state index contributed by atoms with van der Waals surface area (Å²) in [5, 5.41) is 14.7. The molecule has 1 saturated carbocycles. The Morgan fingerprint density at radius 2 is 1.58 bits per heavy atom. The van der Waals surface area contributed by atoms with Crippen LogP contribution in [0.2, 0.25) is 0 Å². The molecule has 0 saturated heterocycles. The van der Waals surface area contributed by atoms with Crippen molar-refractivity contribution < 1.29 is 24.2 Å². The Hall–Kier alpha value is -3.35. The lowest BCUT2D eigenvalue weighted by Gasteiger charge is -2.35. The van der Waals surface area contributed by atoms with Crippen LogP contribution in [-0.2, 0) is 14.3 Å². The quantitative estimate of drug-likeness (QED) is 0.586. The molecule has 0 spiro atoms. The van der Waals surface area contributed by atoms with Crippen LogP contribution in [0.4, 0.5) is 4.79 Å². The van der Waals surface area contributed by atoms with E-state index in [4.69, 9.17) is 4.74 Å². The number of carbonyl (C=O) groups excluding carboxylic acids is 2. The number of hydrogen-bond donors (Lipinski definition) is 3. The fourth-order valence-corrected chi connectivity index (χ4v) is 5.01. The summed E-state index contributed by atoms with van der Waals surface area (Å²) in [6.45, 7) is 2.06. The summed E-state index contributed by atoms with van der Waals surface area (Å²) in [7, 11) is 0. The van der Waals surface area contributed by atoms with Crippen LogP contribution in [0.15, 0.2) is 48.5 Å². The highest BCUT2D eigenvalue weighted by Gasteiger charge is 2.34. The van der Waals surface area contributed by atoms with Gasteiger partial charge < -0.3 is 20.5 Å². The maximum atomic E-state index is 12.8. The number of rotatable bonds is 7. The molecule has 1 fully saturated rings. The monoisotopic (exact) mass is 450 g/mol. The Bertz CT molecular complexity index is 999. The number of hydrogen-bond acceptors (Lipinski definition) is 4. The van der Waals surface area contributed by atoms with Crippen LogP contribution >= 0.6 is 0 Å². The first kappa shape index (κ1) is 22.8. The van der Waals surface area contributed by atoms with Gasteiger partial charge >= 0.3 is 12.1 Å². The largest absolute Gasteiger partial charge is 0.481 e. The predicted octanol–water partition coefficient (Wildman–Crippen LogP) is 4.21. The summed E-state index contributed by atoms with van der Waals surface area (Å²) >= 11 is 0. The van der Waals surface area contributed by atoms with Gasteiger partial charge in [0.15, 0.2) is 0 Å². The molecule has 2 aromatic rings. The first-order valence-electron chi connectivity index (χ1n) is 11.5. The van der Waals surface area contributed by atoms with Crippen molar-refractivity contribution in [3.8, 4) is 11.1 Å². The summed E-state index contributed by atoms with van der Waals surface area (Å²) < 4.78 is 5.49. The standard InChI is InChI=1S/C26H30N2O5/c1-26(13-7-2-8-14-26)28-24(31)22(15-23(29)30)27-25(32)33-16-21-19-11-5-3-9-17(19)18-10-4-6-12-20(18)21/h3-6,9-12,21-22H,2,7-8,13-16H2,1H3,(H,27,32)(H,28,31)(H,29,30). The molecule has 174 valence electrons. The highest BCUT2D eigenvalue weighted by atomic mass is 16.5. The van der Waals surface area contributed by atoms with Crippen LogP contribution in [0.5, 0.6) is 0 Å². The van der Waals surface area contributed by atoms with Crippen molar-refractivity contribution in [1.82, 2.24) is 10.6 Å². The second kappa shape index (κ2) is 9.65. The van der Waals surface area contributed by atoms with Crippen molar-refractivity contribution in [2.75, 3.05) is 6.61 Å². The van der Waals surface area contributed by atoms with Gasteiger partial charge in [-0.15, -0.1) is 0 Å². The lowest BCUT2D eigenvalue weighted by Crippen LogP contribution is -2.55. The van der Waals surface area contributed by atoms with Gasteiger partial charge in [-0.25, -0.2) is 4.79 Å². The average Bonchev–Trinajstić information content (AvgIpc) is 3.11. The number of carboxylic acid groups (broad SMARTS) is 1. The van der Waals surface area contributed by atoms with Crippen LogP contribution in [-0.4, -0.2) is 41.3 Å². The summed E-state index contributed by atoms with van der Waals surface area (Å²) in [4.78, 5) is 36.8. The molecule has 0 aromatic heterocycles. The zero-order valence-electron chi connectivity index (χ0n) is 18.8. The van der Waals surface area contributed by atoms with E-state index in [9.17, 15) is 19.5 Å². The second-order valence-electron chi connectivity index (χ2n) is 9.23. The zero-order valence-corrected chi connectivity index (χ0v) is 18.8. The van der Waals surface area contributed by atoms with Crippen LogP contribution in [0.25, 0.3) is 11.1 Å². The normalized spacial score (nSPS) is 17.4. The van der Waals surface area contributed by atoms with E-state index in [0.29, 0.717) is 0 Å². The number of carbonyl (C=O) groups is 3. The van der Waals surface area contributed by atoms with Gasteiger partial charge in [0.2, 0.25) is 5.91 Å². The first-order valence-corrected chi connectivity index (χ1v) is 11.5. The van der Waals surface area contributed by atoms with Gasteiger partial charge in [0.1, 0.15) is 12.6 Å². The molecule has 3 N–H and O–H groups in total. The summed E-state index contributed by atoms with van der Waals surface area (Å²) in [5.41, 5.74) is 4.01. The molecule has 0 heterocycles. The molecule has 0 aliphatic heterocycles. The van der Waals surface area contributed by atoms with Crippen LogP contribution in [0.3, 0.4) is 0 Å². The third kappa shape index (κ3) is 5.18. The Morgan fingerprint density at radius 3 is 2.15 bits per heavy atom. The van der Waals surface area contributed by atoms with Crippen molar-refractivity contribution in [2.24, 2.45) is 0 Å². The van der Waals surface area contributed by atoms with E-state index >= 15 is 0 Å². The predicted molar refractivity (Wildman–Crippen MR) is 124 cm³/mol. The minimum atomic E-state index is -1.20. The second-order valence-corrected chi connectivity index (χ2v) is 9.23. The Balaban J connectivity index is 1.41. The van der Waals surface area contributed by atoms with Gasteiger partial charge in [-0.1, -0.05) is 67.8 Å². The minimum absolute atomic E-state index is 0.0962. The SMILES string of the molecule is CC1(NC(=O)C(CC(=O)O)NC(=O)OCC2c3ccccc3-c3ccccc32)CCCCC1. The van der Waals surface area contributed by atoms with Crippen molar-refractivity contribution in [2.45, 2.75) is 62.9 Å². The molecular formula is C26H30N2O5. The van der Waals surface area contributed by atoms with Gasteiger partial charge in [-0.05, 0) is 42.0 Å². The third-order valence-corrected chi connectivity index (χ3v) is 6.71. The number of nitrogens with one attached hydrogen (secondary N) is 2. The van der Waals surface area contributed by atoms with Gasteiger partial charge in [0.25, 0.3) is 0 Å². The van der Waals surface area contributed by atoms with E-state index in [1.807, 2.05) is 55.5 Å². The van der Waals surface area contributed by atoms with E-state index in [1.54, 1.807) is 0 Å². The molecule has 7 nitrogen and oxygen atoms in total. The number of fused-ring (bicyclic) bond motifs is 3. The van der Waals surface area contributed by atoms with Crippen molar-refractivity contribution in [3.63, 3.8) is 0 Å². The van der Waals surface area contributed by atoms with E-state index in [1.165, 1.54) is 0 Å². The van der Waals surface area contributed by atoms with Gasteiger partial charge in [-0.2, -0.15) is 0 Å². The maximum absolute atomic E-state index is 12.8. The minimum Gasteiger partial charge on any atom is -0.481 e. The smallest absolute Gasteiger partial charge is 0.407 e. The molecule has 4 rings (SSSR count). The molecule has 2 aliphatic rings. The molecule has 33 heavy (non-hydrogen) atoms. The fourth-order valence-electron chi connectivity index (χ4n) is 5.01. The maximum Gasteiger partial charge on any atom is 0.407 e. The Kier molecular flexibility index (Phi) is 6.67. The van der Waals surface area contributed by atoms with Gasteiger partial charge in [-0.3, -0.25) is 9.59 Å². The number of benzene rings is 2. The van der Waals surface area contributed by atoms with Crippen LogP contribution < -0.4 is 10.6 Å². The molecule has 7 heteroatoms. The van der Waals surface area contributed by atoms with Gasteiger partial charge in [0, 0.05) is 11.5 Å². The van der Waals surface area contributed by atoms with Crippen molar-refractivity contribution in [3.05, 3.63) is 59.7 Å².